The average Bonchev–Trinajstić information content (AvgIpc) is 3.36. The molecule has 3 heterocycles. The van der Waals surface area contributed by atoms with E-state index in [1.54, 1.807) is 35.2 Å². The van der Waals surface area contributed by atoms with Crippen molar-refractivity contribution in [3.63, 3.8) is 0 Å². The normalized spacial score (nSPS) is 16.9. The maximum absolute atomic E-state index is 14.0. The predicted molar refractivity (Wildman–Crippen MR) is 145 cm³/mol. The molecule has 0 spiro atoms. The minimum atomic E-state index is -4.58. The first kappa shape index (κ1) is 27.1. The second-order valence-electron chi connectivity index (χ2n) is 9.81. The van der Waals surface area contributed by atoms with Crippen molar-refractivity contribution in [3.8, 4) is 11.5 Å². The zero-order valence-corrected chi connectivity index (χ0v) is 22.5. The Bertz CT molecular complexity index is 1680. The zero-order valence-electron chi connectivity index (χ0n) is 21.7. The Morgan fingerprint density at radius 2 is 1.76 bits per heavy atom. The monoisotopic (exact) mass is 579 g/mol. The van der Waals surface area contributed by atoms with Crippen LogP contribution >= 0.6 is 11.8 Å². The Morgan fingerprint density at radius 3 is 2.54 bits per heavy atom. The molecule has 3 aliphatic heterocycles. The molecule has 11 heteroatoms. The van der Waals surface area contributed by atoms with E-state index < -0.39 is 17.8 Å². The van der Waals surface area contributed by atoms with Gasteiger partial charge in [-0.2, -0.15) is 23.2 Å². The van der Waals surface area contributed by atoms with Crippen molar-refractivity contribution in [2.75, 3.05) is 26.3 Å². The molecule has 41 heavy (non-hydrogen) atoms. The van der Waals surface area contributed by atoms with Gasteiger partial charge in [0.1, 0.15) is 13.2 Å². The number of hydrogen-bond acceptors (Lipinski definition) is 5. The lowest BCUT2D eigenvalue weighted by Crippen LogP contribution is -2.38. The van der Waals surface area contributed by atoms with E-state index >= 15 is 0 Å². The molecule has 6 rings (SSSR count). The van der Waals surface area contributed by atoms with Gasteiger partial charge in [0.25, 0.3) is 0 Å². The summed E-state index contributed by atoms with van der Waals surface area (Å²) in [7, 11) is 0. The van der Waals surface area contributed by atoms with Gasteiger partial charge in [0.05, 0.1) is 16.3 Å². The second kappa shape index (κ2) is 11.0. The number of ether oxygens (including phenoxy) is 2. The van der Waals surface area contributed by atoms with Gasteiger partial charge in [0.15, 0.2) is 11.5 Å². The molecule has 0 aromatic heterocycles. The third-order valence-corrected chi connectivity index (χ3v) is 8.25. The molecule has 0 radical (unpaired) electrons. The molecule has 3 aromatic carbocycles. The number of nitrogens with zero attached hydrogens (tertiary/aromatic N) is 3. The van der Waals surface area contributed by atoms with Crippen LogP contribution in [-0.4, -0.2) is 43.1 Å². The summed E-state index contributed by atoms with van der Waals surface area (Å²) < 4.78 is 53.0. The Balaban J connectivity index is 1.13. The summed E-state index contributed by atoms with van der Waals surface area (Å²) >= 11 is 0.989. The molecule has 0 saturated carbocycles. The Morgan fingerprint density at radius 1 is 0.976 bits per heavy atom. The third kappa shape index (κ3) is 5.85. The fourth-order valence-corrected chi connectivity index (χ4v) is 6.15. The van der Waals surface area contributed by atoms with Crippen molar-refractivity contribution in [2.24, 2.45) is 9.98 Å². The molecule has 0 atom stereocenters. The Labute approximate surface area is 237 Å². The molecule has 0 aliphatic carbocycles. The molecule has 3 aliphatic rings. The van der Waals surface area contributed by atoms with Gasteiger partial charge in [-0.25, -0.2) is 4.79 Å². The first-order chi connectivity index (χ1) is 19.7. The van der Waals surface area contributed by atoms with Gasteiger partial charge in [-0.15, -0.1) is 0 Å². The van der Waals surface area contributed by atoms with E-state index in [1.807, 2.05) is 12.1 Å². The van der Waals surface area contributed by atoms with Gasteiger partial charge >= 0.3 is 12.2 Å². The number of carbonyl (C=O) groups is 2. The number of fused-ring (bicyclic) bond motifs is 2. The van der Waals surface area contributed by atoms with Crippen molar-refractivity contribution in [3.05, 3.63) is 88.1 Å². The fraction of sp³-hybridized carbons (Fsp3) is 0.267. The summed E-state index contributed by atoms with van der Waals surface area (Å²) in [6, 6.07) is 14.1. The zero-order chi connectivity index (χ0) is 28.6. The van der Waals surface area contributed by atoms with Crippen molar-refractivity contribution in [2.45, 2.75) is 34.7 Å². The number of benzene rings is 3. The SMILES string of the molecule is O=C1N=c2cccc(C3CCN(C(=O)/C=C/c4ccc(Sc5ccc6c(c5)OCCO6)c(C(F)(F)F)c4)CC3)c2=N1. The second-order valence-corrected chi connectivity index (χ2v) is 10.9. The van der Waals surface area contributed by atoms with Crippen LogP contribution in [-0.2, 0) is 11.0 Å². The quantitative estimate of drug-likeness (QED) is 0.377. The lowest BCUT2D eigenvalue weighted by Gasteiger charge is -2.31. The highest BCUT2D eigenvalue weighted by atomic mass is 32.2. The molecule has 7 nitrogen and oxygen atoms in total. The third-order valence-electron chi connectivity index (χ3n) is 7.18. The molecule has 1 saturated heterocycles. The number of amides is 3. The Kier molecular flexibility index (Phi) is 7.29. The maximum atomic E-state index is 14.0. The summed E-state index contributed by atoms with van der Waals surface area (Å²) in [4.78, 5) is 34.7. The summed E-state index contributed by atoms with van der Waals surface area (Å²) in [5.74, 6) is 0.944. The van der Waals surface area contributed by atoms with Crippen molar-refractivity contribution < 1.29 is 32.2 Å². The number of halogens is 3. The van der Waals surface area contributed by atoms with E-state index in [-0.39, 0.29) is 22.3 Å². The number of para-hydroxylation sites is 1. The minimum absolute atomic E-state index is 0.0494. The average molecular weight is 580 g/mol. The summed E-state index contributed by atoms with van der Waals surface area (Å²) in [5, 5.41) is 1.18. The van der Waals surface area contributed by atoms with E-state index in [9.17, 15) is 22.8 Å². The number of likely N-dealkylation sites (tertiary alicyclic amines) is 1. The highest BCUT2D eigenvalue weighted by molar-refractivity contribution is 7.99. The van der Waals surface area contributed by atoms with E-state index in [0.717, 1.165) is 23.4 Å². The van der Waals surface area contributed by atoms with Crippen molar-refractivity contribution >= 4 is 29.8 Å². The number of carbonyl (C=O) groups excluding carboxylic acids is 2. The van der Waals surface area contributed by atoms with Crippen molar-refractivity contribution in [1.29, 1.82) is 0 Å². The summed E-state index contributed by atoms with van der Waals surface area (Å²) in [6.45, 7) is 1.79. The number of piperidine rings is 1. The first-order valence-electron chi connectivity index (χ1n) is 13.1. The largest absolute Gasteiger partial charge is 0.486 e. The highest BCUT2D eigenvalue weighted by Gasteiger charge is 2.34. The fourth-order valence-electron chi connectivity index (χ4n) is 5.17. The number of rotatable bonds is 5. The van der Waals surface area contributed by atoms with Crippen LogP contribution in [0.4, 0.5) is 18.0 Å². The molecule has 1 fully saturated rings. The van der Waals surface area contributed by atoms with Gasteiger partial charge < -0.3 is 14.4 Å². The van der Waals surface area contributed by atoms with Crippen molar-refractivity contribution in [1.82, 2.24) is 4.90 Å². The van der Waals surface area contributed by atoms with Crippen LogP contribution in [0.25, 0.3) is 6.08 Å². The van der Waals surface area contributed by atoms with Crippen LogP contribution in [0.3, 0.4) is 0 Å². The van der Waals surface area contributed by atoms with Gasteiger partial charge in [-0.05, 0) is 72.4 Å². The predicted octanol–water partition coefficient (Wildman–Crippen LogP) is 5.42. The van der Waals surface area contributed by atoms with Gasteiger partial charge in [0, 0.05) is 29.0 Å². The number of urea groups is 1. The van der Waals surface area contributed by atoms with Crippen LogP contribution < -0.4 is 20.2 Å². The lowest BCUT2D eigenvalue weighted by atomic mass is 9.89. The van der Waals surface area contributed by atoms with Crippen LogP contribution in [0.1, 0.15) is 35.4 Å². The standard InChI is InChI=1S/C30H24F3N3O4S/c31-30(32,33)22-16-18(4-8-26(22)41-20-6-7-24-25(17-20)40-15-14-39-24)5-9-27(37)36-12-10-19(11-13-36)21-2-1-3-23-28(21)35-29(38)34-23/h1-9,16-17,19H,10-15H2/b9-5+. The highest BCUT2D eigenvalue weighted by Crippen LogP contribution is 2.42. The molecule has 0 unspecified atom stereocenters. The summed E-state index contributed by atoms with van der Waals surface area (Å²) in [6.07, 6.45) is -0.476. The molecule has 0 N–H and O–H groups in total. The Hall–Kier alpha value is -4.12. The first-order valence-corrected chi connectivity index (χ1v) is 13.9. The molecule has 210 valence electrons. The molecular formula is C30H24F3N3O4S. The lowest BCUT2D eigenvalue weighted by molar-refractivity contribution is -0.139. The summed E-state index contributed by atoms with van der Waals surface area (Å²) in [5.41, 5.74) is 0.453. The maximum Gasteiger partial charge on any atom is 0.417 e. The van der Waals surface area contributed by atoms with E-state index in [0.29, 0.717) is 66.3 Å². The van der Waals surface area contributed by atoms with Crippen LogP contribution in [0.2, 0.25) is 0 Å². The molecule has 3 aromatic rings. The topological polar surface area (TPSA) is 80.6 Å². The van der Waals surface area contributed by atoms with Crippen LogP contribution in [0.15, 0.2) is 80.4 Å². The molecule has 0 bridgehead atoms. The van der Waals surface area contributed by atoms with Crippen LogP contribution in [0, 0.1) is 0 Å². The van der Waals surface area contributed by atoms with Gasteiger partial charge in [-0.3, -0.25) is 4.79 Å². The van der Waals surface area contributed by atoms with E-state index in [2.05, 4.69) is 9.98 Å². The smallest absolute Gasteiger partial charge is 0.417 e. The minimum Gasteiger partial charge on any atom is -0.486 e. The van der Waals surface area contributed by atoms with E-state index in [1.165, 1.54) is 18.2 Å². The van der Waals surface area contributed by atoms with Gasteiger partial charge in [-0.1, -0.05) is 30.0 Å². The van der Waals surface area contributed by atoms with Gasteiger partial charge in [0.2, 0.25) is 5.91 Å². The molecular weight excluding hydrogens is 555 g/mol. The van der Waals surface area contributed by atoms with Crippen LogP contribution in [0.5, 0.6) is 11.5 Å². The van der Waals surface area contributed by atoms with E-state index in [4.69, 9.17) is 9.47 Å². The molecule has 3 amide bonds. The number of hydrogen-bond donors (Lipinski definition) is 0. The number of alkyl halides is 3.